The molecule has 0 aromatic heterocycles. The molecule has 9 nitrogen and oxygen atoms in total. The number of nitrogens with one attached hydrogen (secondary N) is 1. The van der Waals surface area contributed by atoms with E-state index in [-0.39, 0.29) is 34.5 Å². The molecule has 47 heavy (non-hydrogen) atoms. The number of methoxy groups -OCH3 is 2. The number of hydrogen-bond acceptors (Lipinski definition) is 6. The van der Waals surface area contributed by atoms with Crippen molar-refractivity contribution in [2.24, 2.45) is 0 Å². The van der Waals surface area contributed by atoms with Crippen LogP contribution in [0.3, 0.4) is 0 Å². The Balaban J connectivity index is 1.81. The molecule has 0 bridgehead atoms. The van der Waals surface area contributed by atoms with E-state index in [9.17, 15) is 18.0 Å². The lowest BCUT2D eigenvalue weighted by atomic mass is 10.0. The standard InChI is InChI=1S/C36H40ClN3O6S/c1-4-5-21-38-36(42)33(23-27-13-8-6-9-14-27)39(25-28-15-12-16-30(22-28)45-2)35(41)26-40(29-19-20-34(46-3)32(37)24-29)47(43,44)31-17-10-7-11-18-31/h6-20,22,24,33H,4-5,21,23,25-26H2,1-3H3,(H,38,42)/t33-/m0/s1. The lowest BCUT2D eigenvalue weighted by Crippen LogP contribution is -2.53. The molecule has 0 fully saturated rings. The van der Waals surface area contributed by atoms with Crippen molar-refractivity contribution >= 4 is 39.1 Å². The van der Waals surface area contributed by atoms with Crippen LogP contribution in [-0.2, 0) is 32.6 Å². The number of carbonyl (C=O) groups excluding carboxylic acids is 2. The van der Waals surface area contributed by atoms with Crippen LogP contribution in [0.15, 0.2) is 108 Å². The molecule has 4 rings (SSSR count). The van der Waals surface area contributed by atoms with Crippen molar-refractivity contribution < 1.29 is 27.5 Å². The lowest BCUT2D eigenvalue weighted by Gasteiger charge is -2.34. The van der Waals surface area contributed by atoms with Crippen molar-refractivity contribution in [1.29, 1.82) is 0 Å². The van der Waals surface area contributed by atoms with Gasteiger partial charge in [-0.1, -0.05) is 85.6 Å². The van der Waals surface area contributed by atoms with E-state index < -0.39 is 28.5 Å². The van der Waals surface area contributed by atoms with Crippen molar-refractivity contribution in [3.8, 4) is 11.5 Å². The maximum atomic E-state index is 14.6. The van der Waals surface area contributed by atoms with Crippen molar-refractivity contribution in [2.75, 3.05) is 31.6 Å². The Labute approximate surface area is 282 Å². The molecule has 2 amide bonds. The second kappa shape index (κ2) is 16.9. The molecular formula is C36H40ClN3O6S. The van der Waals surface area contributed by atoms with Gasteiger partial charge in [0.05, 0.1) is 29.8 Å². The van der Waals surface area contributed by atoms with Gasteiger partial charge in [-0.3, -0.25) is 13.9 Å². The van der Waals surface area contributed by atoms with Crippen LogP contribution >= 0.6 is 11.6 Å². The monoisotopic (exact) mass is 677 g/mol. The van der Waals surface area contributed by atoms with E-state index >= 15 is 0 Å². The van der Waals surface area contributed by atoms with Crippen molar-refractivity contribution in [2.45, 2.75) is 43.7 Å². The first-order valence-electron chi connectivity index (χ1n) is 15.3. The van der Waals surface area contributed by atoms with Crippen LogP contribution in [0.2, 0.25) is 5.02 Å². The number of anilines is 1. The third-order valence-electron chi connectivity index (χ3n) is 7.62. The maximum absolute atomic E-state index is 14.6. The number of amides is 2. The minimum absolute atomic E-state index is 0.00256. The van der Waals surface area contributed by atoms with Gasteiger partial charge < -0.3 is 19.7 Å². The van der Waals surface area contributed by atoms with E-state index in [1.54, 1.807) is 49.6 Å². The Morgan fingerprint density at radius 1 is 0.851 bits per heavy atom. The number of unbranched alkanes of at least 4 members (excludes halogenated alkanes) is 1. The summed E-state index contributed by atoms with van der Waals surface area (Å²) in [7, 11) is -1.25. The molecular weight excluding hydrogens is 638 g/mol. The van der Waals surface area contributed by atoms with Crippen LogP contribution in [0.4, 0.5) is 5.69 Å². The lowest BCUT2D eigenvalue weighted by molar-refractivity contribution is -0.140. The van der Waals surface area contributed by atoms with E-state index in [4.69, 9.17) is 21.1 Å². The highest BCUT2D eigenvalue weighted by molar-refractivity contribution is 7.92. The number of carbonyl (C=O) groups is 2. The summed E-state index contributed by atoms with van der Waals surface area (Å²) in [4.78, 5) is 29.9. The van der Waals surface area contributed by atoms with Gasteiger partial charge in [0, 0.05) is 19.5 Å². The SMILES string of the molecule is CCCCNC(=O)[C@H](Cc1ccccc1)N(Cc1cccc(OC)c1)C(=O)CN(c1ccc(OC)c(Cl)c1)S(=O)(=O)c1ccccc1. The van der Waals surface area contributed by atoms with Gasteiger partial charge in [0.15, 0.2) is 0 Å². The van der Waals surface area contributed by atoms with Gasteiger partial charge in [0.1, 0.15) is 24.1 Å². The molecule has 0 heterocycles. The van der Waals surface area contributed by atoms with Gasteiger partial charge in [-0.25, -0.2) is 8.42 Å². The fourth-order valence-electron chi connectivity index (χ4n) is 5.09. The fourth-order valence-corrected chi connectivity index (χ4v) is 6.77. The molecule has 0 spiro atoms. The second-order valence-corrected chi connectivity index (χ2v) is 13.1. The van der Waals surface area contributed by atoms with E-state index in [2.05, 4.69) is 5.32 Å². The van der Waals surface area contributed by atoms with Crippen molar-refractivity contribution in [3.05, 3.63) is 119 Å². The molecule has 248 valence electrons. The molecule has 0 unspecified atom stereocenters. The first-order chi connectivity index (χ1) is 22.7. The predicted octanol–water partition coefficient (Wildman–Crippen LogP) is 6.11. The highest BCUT2D eigenvalue weighted by atomic mass is 35.5. The average Bonchev–Trinajstić information content (AvgIpc) is 3.09. The van der Waals surface area contributed by atoms with Gasteiger partial charge in [-0.05, 0) is 60.0 Å². The molecule has 0 aliphatic heterocycles. The smallest absolute Gasteiger partial charge is 0.264 e. The number of halogens is 1. The Kier molecular flexibility index (Phi) is 12.7. The highest BCUT2D eigenvalue weighted by Gasteiger charge is 2.34. The summed E-state index contributed by atoms with van der Waals surface area (Å²) in [6.07, 6.45) is 1.87. The Hall–Kier alpha value is -4.54. The van der Waals surface area contributed by atoms with Gasteiger partial charge in [-0.2, -0.15) is 0 Å². The number of ether oxygens (including phenoxy) is 2. The van der Waals surface area contributed by atoms with Crippen LogP contribution in [-0.4, -0.2) is 58.5 Å². The minimum Gasteiger partial charge on any atom is -0.497 e. The molecule has 4 aromatic carbocycles. The molecule has 1 atom stereocenters. The summed E-state index contributed by atoms with van der Waals surface area (Å²) in [5, 5.41) is 3.17. The predicted molar refractivity (Wildman–Crippen MR) is 184 cm³/mol. The summed E-state index contributed by atoms with van der Waals surface area (Å²) in [6, 6.07) is 28.1. The largest absolute Gasteiger partial charge is 0.497 e. The molecule has 0 radical (unpaired) electrons. The van der Waals surface area contributed by atoms with E-state index in [0.29, 0.717) is 23.6 Å². The van der Waals surface area contributed by atoms with Crippen LogP contribution in [0.25, 0.3) is 0 Å². The highest BCUT2D eigenvalue weighted by Crippen LogP contribution is 2.32. The number of nitrogens with zero attached hydrogens (tertiary/aromatic N) is 2. The van der Waals surface area contributed by atoms with Gasteiger partial charge >= 0.3 is 0 Å². The average molecular weight is 678 g/mol. The quantitative estimate of drug-likeness (QED) is 0.144. The summed E-state index contributed by atoms with van der Waals surface area (Å²) in [5.74, 6) is 0.0301. The summed E-state index contributed by atoms with van der Waals surface area (Å²) < 4.78 is 40.0. The number of sulfonamides is 1. The normalized spacial score (nSPS) is 11.7. The molecule has 11 heteroatoms. The van der Waals surface area contributed by atoms with E-state index in [1.807, 2.05) is 43.3 Å². The van der Waals surface area contributed by atoms with Crippen molar-refractivity contribution in [1.82, 2.24) is 10.2 Å². The fraction of sp³-hybridized carbons (Fsp3) is 0.278. The second-order valence-electron chi connectivity index (χ2n) is 10.9. The van der Waals surface area contributed by atoms with Crippen LogP contribution < -0.4 is 19.1 Å². The summed E-state index contributed by atoms with van der Waals surface area (Å²) in [5.41, 5.74) is 1.73. The first-order valence-corrected chi connectivity index (χ1v) is 17.1. The molecule has 0 saturated heterocycles. The zero-order valence-corrected chi connectivity index (χ0v) is 28.3. The van der Waals surface area contributed by atoms with Crippen LogP contribution in [0.5, 0.6) is 11.5 Å². The third-order valence-corrected chi connectivity index (χ3v) is 9.70. The molecule has 0 aliphatic carbocycles. The molecule has 0 saturated carbocycles. The maximum Gasteiger partial charge on any atom is 0.264 e. The van der Waals surface area contributed by atoms with E-state index in [1.165, 1.54) is 36.3 Å². The Bertz CT molecular complexity index is 1740. The topological polar surface area (TPSA) is 105 Å². The van der Waals surface area contributed by atoms with Gasteiger partial charge in [-0.15, -0.1) is 0 Å². The molecule has 4 aromatic rings. The Morgan fingerprint density at radius 3 is 2.17 bits per heavy atom. The molecule has 1 N–H and O–H groups in total. The number of benzene rings is 4. The van der Waals surface area contributed by atoms with E-state index in [0.717, 1.165) is 22.7 Å². The van der Waals surface area contributed by atoms with Gasteiger partial charge in [0.2, 0.25) is 11.8 Å². The summed E-state index contributed by atoms with van der Waals surface area (Å²) >= 11 is 6.44. The summed E-state index contributed by atoms with van der Waals surface area (Å²) in [6.45, 7) is 1.90. The first kappa shape index (κ1) is 35.3. The number of hydrogen-bond donors (Lipinski definition) is 1. The Morgan fingerprint density at radius 2 is 1.53 bits per heavy atom. The molecule has 0 aliphatic rings. The van der Waals surface area contributed by atoms with Crippen LogP contribution in [0.1, 0.15) is 30.9 Å². The number of rotatable bonds is 16. The van der Waals surface area contributed by atoms with Gasteiger partial charge in [0.25, 0.3) is 10.0 Å². The third kappa shape index (κ3) is 9.27. The minimum atomic E-state index is -4.26. The zero-order valence-electron chi connectivity index (χ0n) is 26.8. The van der Waals surface area contributed by atoms with Crippen molar-refractivity contribution in [3.63, 3.8) is 0 Å². The zero-order chi connectivity index (χ0) is 33.8. The van der Waals surface area contributed by atoms with Crippen LogP contribution in [0, 0.1) is 0 Å².